The molecule has 1 aliphatic heterocycles. The molecule has 2 amide bonds. The van der Waals surface area contributed by atoms with Crippen LogP contribution in [0.5, 0.6) is 0 Å². The van der Waals surface area contributed by atoms with Crippen LogP contribution in [-0.4, -0.2) is 27.8 Å². The van der Waals surface area contributed by atoms with Crippen LogP contribution >= 0.6 is 0 Å². The molecule has 0 aromatic heterocycles. The van der Waals surface area contributed by atoms with Crippen LogP contribution in [0.1, 0.15) is 41.6 Å². The van der Waals surface area contributed by atoms with Gasteiger partial charge in [0.05, 0.1) is 12.1 Å². The number of rotatable bonds is 3. The second kappa shape index (κ2) is 5.81. The molecular weight excluding hydrogens is 265 g/mol. The molecule has 1 N–H and O–H groups in total. The van der Waals surface area contributed by atoms with E-state index in [4.69, 9.17) is 5.11 Å². The Labute approximate surface area is 115 Å². The van der Waals surface area contributed by atoms with Crippen molar-refractivity contribution in [2.24, 2.45) is 0 Å². The molecule has 0 saturated carbocycles. The van der Waals surface area contributed by atoms with Crippen molar-refractivity contribution in [3.8, 4) is 0 Å². The Morgan fingerprint density at radius 3 is 2.30 bits per heavy atom. The van der Waals surface area contributed by atoms with Crippen LogP contribution in [0, 0.1) is 5.82 Å². The van der Waals surface area contributed by atoms with Crippen LogP contribution in [0.15, 0.2) is 18.2 Å². The Kier molecular flexibility index (Phi) is 4.12. The molecule has 0 unspecified atom stereocenters. The number of carbonyl (C=O) groups excluding carboxylic acids is 2. The lowest BCUT2D eigenvalue weighted by Crippen LogP contribution is -2.34. The largest absolute Gasteiger partial charge is 0.478 e. The fraction of sp³-hybridized carbons (Fsp3) is 0.357. The van der Waals surface area contributed by atoms with E-state index in [1.165, 1.54) is 6.07 Å². The molecule has 1 fully saturated rings. The maximum Gasteiger partial charge on any atom is 0.338 e. The van der Waals surface area contributed by atoms with Crippen LogP contribution < -0.4 is 0 Å². The van der Waals surface area contributed by atoms with E-state index in [2.05, 4.69) is 0 Å². The van der Waals surface area contributed by atoms with Crippen LogP contribution in [0.2, 0.25) is 0 Å². The number of amides is 2. The number of hydrogen-bond donors (Lipinski definition) is 1. The minimum atomic E-state index is -1.35. The summed E-state index contributed by atoms with van der Waals surface area (Å²) >= 11 is 0. The number of likely N-dealkylation sites (tertiary alicyclic amines) is 1. The van der Waals surface area contributed by atoms with E-state index in [1.54, 1.807) is 0 Å². The third kappa shape index (κ3) is 3.01. The molecule has 1 aromatic rings. The summed E-state index contributed by atoms with van der Waals surface area (Å²) in [6.07, 6.45) is 1.96. The van der Waals surface area contributed by atoms with E-state index in [-0.39, 0.29) is 18.4 Å². The minimum Gasteiger partial charge on any atom is -0.478 e. The quantitative estimate of drug-likeness (QED) is 0.858. The van der Waals surface area contributed by atoms with E-state index < -0.39 is 17.3 Å². The number of carbonyl (C=O) groups is 3. The first-order valence-electron chi connectivity index (χ1n) is 6.34. The lowest BCUT2D eigenvalue weighted by Gasteiger charge is -2.18. The van der Waals surface area contributed by atoms with Gasteiger partial charge in [-0.25, -0.2) is 9.18 Å². The molecule has 0 radical (unpaired) electrons. The van der Waals surface area contributed by atoms with Crippen molar-refractivity contribution < 1.29 is 23.9 Å². The molecule has 1 saturated heterocycles. The highest BCUT2D eigenvalue weighted by Crippen LogP contribution is 2.17. The fourth-order valence-corrected chi connectivity index (χ4v) is 2.15. The molecule has 0 atom stereocenters. The Balaban J connectivity index is 2.20. The van der Waals surface area contributed by atoms with Gasteiger partial charge < -0.3 is 5.11 Å². The van der Waals surface area contributed by atoms with Crippen molar-refractivity contribution >= 4 is 17.8 Å². The topological polar surface area (TPSA) is 74.7 Å². The van der Waals surface area contributed by atoms with E-state index >= 15 is 0 Å². The van der Waals surface area contributed by atoms with E-state index in [1.807, 2.05) is 0 Å². The van der Waals surface area contributed by atoms with Gasteiger partial charge in [0.2, 0.25) is 11.8 Å². The summed E-state index contributed by atoms with van der Waals surface area (Å²) in [5, 5.41) is 8.74. The normalized spacial score (nSPS) is 16.1. The van der Waals surface area contributed by atoms with Gasteiger partial charge in [-0.1, -0.05) is 6.07 Å². The van der Waals surface area contributed by atoms with Gasteiger partial charge in [0.25, 0.3) is 0 Å². The molecule has 20 heavy (non-hydrogen) atoms. The Bertz CT molecular complexity index is 552. The van der Waals surface area contributed by atoms with Gasteiger partial charge in [0.15, 0.2) is 0 Å². The van der Waals surface area contributed by atoms with Gasteiger partial charge in [-0.3, -0.25) is 14.5 Å². The second-order valence-electron chi connectivity index (χ2n) is 4.70. The van der Waals surface area contributed by atoms with E-state index in [9.17, 15) is 18.8 Å². The van der Waals surface area contributed by atoms with Crippen molar-refractivity contribution in [2.75, 3.05) is 0 Å². The van der Waals surface area contributed by atoms with Gasteiger partial charge in [0.1, 0.15) is 5.82 Å². The number of carboxylic acid groups (broad SMARTS) is 1. The first kappa shape index (κ1) is 14.2. The number of imide groups is 1. The Morgan fingerprint density at radius 2 is 1.80 bits per heavy atom. The maximum absolute atomic E-state index is 13.6. The average molecular weight is 279 g/mol. The van der Waals surface area contributed by atoms with Gasteiger partial charge in [0, 0.05) is 12.8 Å². The zero-order valence-electron chi connectivity index (χ0n) is 10.8. The predicted molar refractivity (Wildman–Crippen MR) is 67.4 cm³/mol. The van der Waals surface area contributed by atoms with Crippen LogP contribution in [-0.2, 0) is 16.1 Å². The summed E-state index contributed by atoms with van der Waals surface area (Å²) < 4.78 is 13.6. The van der Waals surface area contributed by atoms with Gasteiger partial charge >= 0.3 is 5.97 Å². The van der Waals surface area contributed by atoms with Crippen LogP contribution in [0.25, 0.3) is 0 Å². The first-order chi connectivity index (χ1) is 9.49. The average Bonchev–Trinajstić information content (AvgIpc) is 2.53. The first-order valence-corrected chi connectivity index (χ1v) is 6.34. The van der Waals surface area contributed by atoms with Crippen molar-refractivity contribution in [3.63, 3.8) is 0 Å². The molecule has 6 heteroatoms. The number of halogens is 1. The molecule has 1 heterocycles. The van der Waals surface area contributed by atoms with Crippen molar-refractivity contribution in [1.29, 1.82) is 0 Å². The summed E-state index contributed by atoms with van der Waals surface area (Å²) in [6.45, 7) is -0.0194. The van der Waals surface area contributed by atoms with E-state index in [0.29, 0.717) is 31.2 Å². The summed E-state index contributed by atoms with van der Waals surface area (Å²) in [7, 11) is 0. The zero-order chi connectivity index (χ0) is 14.7. The summed E-state index contributed by atoms with van der Waals surface area (Å²) in [4.78, 5) is 35.4. The standard InChI is InChI=1S/C14H14FNO4/c15-11-7-9(5-6-10(11)14(19)20)8-16-12(17)3-1-2-4-13(16)18/h5-7H,1-4,8H2,(H,19,20). The maximum atomic E-state index is 13.6. The van der Waals surface area contributed by atoms with Gasteiger partial charge in [-0.15, -0.1) is 0 Å². The molecule has 5 nitrogen and oxygen atoms in total. The smallest absolute Gasteiger partial charge is 0.338 e. The summed E-state index contributed by atoms with van der Waals surface area (Å²) in [5.74, 6) is -2.76. The SMILES string of the molecule is O=C(O)c1ccc(CN2C(=O)CCCCC2=O)cc1F. The van der Waals surface area contributed by atoms with Crippen molar-refractivity contribution in [2.45, 2.75) is 32.2 Å². The number of aromatic carboxylic acids is 1. The van der Waals surface area contributed by atoms with Crippen LogP contribution in [0.3, 0.4) is 0 Å². The second-order valence-corrected chi connectivity index (χ2v) is 4.70. The molecule has 2 rings (SSSR count). The zero-order valence-corrected chi connectivity index (χ0v) is 10.8. The third-order valence-electron chi connectivity index (χ3n) is 3.24. The molecule has 0 aliphatic carbocycles. The van der Waals surface area contributed by atoms with Gasteiger partial charge in [-0.2, -0.15) is 0 Å². The molecule has 1 aromatic carbocycles. The summed E-state index contributed by atoms with van der Waals surface area (Å²) in [5.41, 5.74) is -0.0293. The highest BCUT2D eigenvalue weighted by molar-refractivity contribution is 5.96. The third-order valence-corrected chi connectivity index (χ3v) is 3.24. The summed E-state index contributed by atoms with van der Waals surface area (Å²) in [6, 6.07) is 3.60. The number of benzene rings is 1. The highest BCUT2D eigenvalue weighted by atomic mass is 19.1. The molecule has 106 valence electrons. The minimum absolute atomic E-state index is 0.0194. The number of carboxylic acids is 1. The molecular formula is C14H14FNO4. The number of nitrogens with zero attached hydrogens (tertiary/aromatic N) is 1. The molecule has 0 spiro atoms. The molecule has 0 bridgehead atoms. The Morgan fingerprint density at radius 1 is 1.20 bits per heavy atom. The monoisotopic (exact) mass is 279 g/mol. The predicted octanol–water partition coefficient (Wildman–Crippen LogP) is 1.95. The lowest BCUT2D eigenvalue weighted by atomic mass is 10.1. The van der Waals surface area contributed by atoms with Gasteiger partial charge in [-0.05, 0) is 30.5 Å². The van der Waals surface area contributed by atoms with E-state index in [0.717, 1.165) is 17.0 Å². The Hall–Kier alpha value is -2.24. The number of hydrogen-bond acceptors (Lipinski definition) is 3. The fourth-order valence-electron chi connectivity index (χ4n) is 2.15. The van der Waals surface area contributed by atoms with Crippen LogP contribution in [0.4, 0.5) is 4.39 Å². The lowest BCUT2D eigenvalue weighted by molar-refractivity contribution is -0.144. The van der Waals surface area contributed by atoms with Crippen molar-refractivity contribution in [1.82, 2.24) is 4.90 Å². The molecule has 1 aliphatic rings. The highest BCUT2D eigenvalue weighted by Gasteiger charge is 2.24. The van der Waals surface area contributed by atoms with Crippen molar-refractivity contribution in [3.05, 3.63) is 35.1 Å².